The van der Waals surface area contributed by atoms with E-state index in [1.54, 1.807) is 31.2 Å². The Balaban J connectivity index is 2.05. The van der Waals surface area contributed by atoms with Crippen LogP contribution in [0.15, 0.2) is 34.9 Å². The summed E-state index contributed by atoms with van der Waals surface area (Å²) in [5.74, 6) is 0.344. The zero-order chi connectivity index (χ0) is 15.3. The average molecular weight is 310 g/mol. The van der Waals surface area contributed by atoms with Gasteiger partial charge in [0.25, 0.3) is 0 Å². The molecule has 7 heteroatoms. The first-order valence-corrected chi connectivity index (χ1v) is 8.26. The number of sulfonamides is 1. The standard InChI is InChI=1S/C14H18N2O4S/c1-11-8-14(15-20-11)10-21(18,19)16-13-6-2-4-12(9-13)5-3-7-17/h2,4,6,8-9,16-17H,3,5,7,10H2,1H3. The highest BCUT2D eigenvalue weighted by Crippen LogP contribution is 2.15. The number of aliphatic hydroxyl groups excluding tert-OH is 1. The summed E-state index contributed by atoms with van der Waals surface area (Å²) >= 11 is 0. The van der Waals surface area contributed by atoms with Crippen molar-refractivity contribution in [3.05, 3.63) is 47.3 Å². The maximum atomic E-state index is 12.1. The minimum Gasteiger partial charge on any atom is -0.396 e. The monoisotopic (exact) mass is 310 g/mol. The highest BCUT2D eigenvalue weighted by atomic mass is 32.2. The summed E-state index contributed by atoms with van der Waals surface area (Å²) in [4.78, 5) is 0. The fourth-order valence-electron chi connectivity index (χ4n) is 1.97. The molecular weight excluding hydrogens is 292 g/mol. The van der Waals surface area contributed by atoms with E-state index in [0.29, 0.717) is 30.0 Å². The van der Waals surface area contributed by atoms with Crippen molar-refractivity contribution in [2.75, 3.05) is 11.3 Å². The number of benzene rings is 1. The summed E-state index contributed by atoms with van der Waals surface area (Å²) in [6, 6.07) is 8.73. The van der Waals surface area contributed by atoms with Crippen LogP contribution in [-0.4, -0.2) is 25.3 Å². The van der Waals surface area contributed by atoms with Crippen molar-refractivity contribution in [3.63, 3.8) is 0 Å². The first-order valence-electron chi connectivity index (χ1n) is 6.61. The van der Waals surface area contributed by atoms with Crippen molar-refractivity contribution in [1.82, 2.24) is 5.16 Å². The third-order valence-electron chi connectivity index (χ3n) is 2.84. The van der Waals surface area contributed by atoms with Gasteiger partial charge in [0.1, 0.15) is 17.2 Å². The predicted octanol–water partition coefficient (Wildman–Crippen LogP) is 1.85. The van der Waals surface area contributed by atoms with E-state index in [-0.39, 0.29) is 12.4 Å². The quantitative estimate of drug-likeness (QED) is 0.814. The second-order valence-corrected chi connectivity index (χ2v) is 6.54. The third-order valence-corrected chi connectivity index (χ3v) is 4.06. The molecule has 21 heavy (non-hydrogen) atoms. The van der Waals surface area contributed by atoms with Crippen LogP contribution in [-0.2, 0) is 22.2 Å². The second kappa shape index (κ2) is 6.73. The molecule has 0 aliphatic heterocycles. The van der Waals surface area contributed by atoms with Gasteiger partial charge in [-0.05, 0) is 37.5 Å². The summed E-state index contributed by atoms with van der Waals surface area (Å²) in [5, 5.41) is 12.5. The zero-order valence-electron chi connectivity index (χ0n) is 11.7. The number of hydrogen-bond acceptors (Lipinski definition) is 5. The summed E-state index contributed by atoms with van der Waals surface area (Å²) in [6.45, 7) is 1.82. The van der Waals surface area contributed by atoms with Crippen LogP contribution in [0.4, 0.5) is 5.69 Å². The van der Waals surface area contributed by atoms with Crippen LogP contribution in [0.25, 0.3) is 0 Å². The average Bonchev–Trinajstić information content (AvgIpc) is 2.80. The van der Waals surface area contributed by atoms with Crippen LogP contribution in [0.3, 0.4) is 0 Å². The largest absolute Gasteiger partial charge is 0.396 e. The molecule has 0 saturated carbocycles. The third kappa shape index (κ3) is 4.87. The van der Waals surface area contributed by atoms with E-state index >= 15 is 0 Å². The predicted molar refractivity (Wildman–Crippen MR) is 79.3 cm³/mol. The molecule has 2 rings (SSSR count). The van der Waals surface area contributed by atoms with Crippen LogP contribution >= 0.6 is 0 Å². The molecule has 0 aliphatic carbocycles. The lowest BCUT2D eigenvalue weighted by molar-refractivity contribution is 0.288. The van der Waals surface area contributed by atoms with Gasteiger partial charge in [0.05, 0.1) is 0 Å². The Morgan fingerprint density at radius 3 is 2.81 bits per heavy atom. The van der Waals surface area contributed by atoms with Crippen LogP contribution in [0.1, 0.15) is 23.4 Å². The van der Waals surface area contributed by atoms with Gasteiger partial charge in [-0.3, -0.25) is 4.72 Å². The lowest BCUT2D eigenvalue weighted by Crippen LogP contribution is -2.15. The van der Waals surface area contributed by atoms with E-state index in [4.69, 9.17) is 9.63 Å². The molecule has 0 aliphatic rings. The number of nitrogens with one attached hydrogen (secondary N) is 1. The van der Waals surface area contributed by atoms with Crippen molar-refractivity contribution >= 4 is 15.7 Å². The summed E-state index contributed by atoms with van der Waals surface area (Å²) < 4.78 is 31.5. The van der Waals surface area contributed by atoms with Gasteiger partial charge in [-0.2, -0.15) is 0 Å². The van der Waals surface area contributed by atoms with Gasteiger partial charge >= 0.3 is 0 Å². The van der Waals surface area contributed by atoms with Crippen molar-refractivity contribution in [1.29, 1.82) is 0 Å². The van der Waals surface area contributed by atoms with E-state index in [9.17, 15) is 8.42 Å². The number of aliphatic hydroxyl groups is 1. The highest BCUT2D eigenvalue weighted by Gasteiger charge is 2.14. The van der Waals surface area contributed by atoms with Crippen molar-refractivity contribution in [2.45, 2.75) is 25.5 Å². The van der Waals surface area contributed by atoms with Crippen LogP contribution in [0.5, 0.6) is 0 Å². The Kier molecular flexibility index (Phi) is 4.98. The molecule has 0 bridgehead atoms. The lowest BCUT2D eigenvalue weighted by atomic mass is 10.1. The van der Waals surface area contributed by atoms with E-state index < -0.39 is 10.0 Å². The molecule has 1 heterocycles. The molecule has 114 valence electrons. The number of aryl methyl sites for hydroxylation is 2. The molecule has 1 aromatic heterocycles. The van der Waals surface area contributed by atoms with Crippen molar-refractivity contribution < 1.29 is 18.0 Å². The van der Waals surface area contributed by atoms with E-state index in [1.165, 1.54) is 0 Å². The second-order valence-electron chi connectivity index (χ2n) is 4.82. The molecule has 0 spiro atoms. The van der Waals surface area contributed by atoms with Gasteiger partial charge in [0, 0.05) is 18.4 Å². The van der Waals surface area contributed by atoms with Gasteiger partial charge in [-0.25, -0.2) is 8.42 Å². The number of hydrogen-bond donors (Lipinski definition) is 2. The molecule has 2 N–H and O–H groups in total. The maximum Gasteiger partial charge on any atom is 0.238 e. The Labute approximate surface area is 123 Å². The van der Waals surface area contributed by atoms with E-state index in [1.807, 2.05) is 6.07 Å². The molecule has 2 aromatic rings. The Hall–Kier alpha value is -1.86. The number of anilines is 1. The summed E-state index contributed by atoms with van der Waals surface area (Å²) in [7, 11) is -3.53. The number of aromatic nitrogens is 1. The molecule has 0 radical (unpaired) electrons. The molecule has 1 aromatic carbocycles. The maximum absolute atomic E-state index is 12.1. The van der Waals surface area contributed by atoms with Crippen LogP contribution < -0.4 is 4.72 Å². The molecular formula is C14H18N2O4S. The fourth-order valence-corrected chi connectivity index (χ4v) is 3.05. The van der Waals surface area contributed by atoms with Gasteiger partial charge in [-0.1, -0.05) is 17.3 Å². The number of nitrogens with zero attached hydrogens (tertiary/aromatic N) is 1. The first-order chi connectivity index (χ1) is 9.98. The van der Waals surface area contributed by atoms with Gasteiger partial charge in [0.2, 0.25) is 10.0 Å². The summed E-state index contributed by atoms with van der Waals surface area (Å²) in [6.07, 6.45) is 1.35. The Bertz CT molecular complexity index is 695. The lowest BCUT2D eigenvalue weighted by Gasteiger charge is -2.08. The van der Waals surface area contributed by atoms with E-state index in [0.717, 1.165) is 5.56 Å². The van der Waals surface area contributed by atoms with Crippen molar-refractivity contribution in [2.24, 2.45) is 0 Å². The fraction of sp³-hybridized carbons (Fsp3) is 0.357. The first kappa shape index (κ1) is 15.5. The van der Waals surface area contributed by atoms with Crippen LogP contribution in [0.2, 0.25) is 0 Å². The Morgan fingerprint density at radius 1 is 1.33 bits per heavy atom. The van der Waals surface area contributed by atoms with E-state index in [2.05, 4.69) is 9.88 Å². The normalized spacial score (nSPS) is 11.5. The van der Waals surface area contributed by atoms with Crippen molar-refractivity contribution in [3.8, 4) is 0 Å². The smallest absolute Gasteiger partial charge is 0.238 e. The van der Waals surface area contributed by atoms with Gasteiger partial charge in [0.15, 0.2) is 0 Å². The Morgan fingerprint density at radius 2 is 2.14 bits per heavy atom. The topological polar surface area (TPSA) is 92.4 Å². The molecule has 0 saturated heterocycles. The summed E-state index contributed by atoms with van der Waals surface area (Å²) in [5.41, 5.74) is 1.85. The van der Waals surface area contributed by atoms with Gasteiger partial charge in [-0.15, -0.1) is 0 Å². The SMILES string of the molecule is Cc1cc(CS(=O)(=O)Nc2cccc(CCCO)c2)no1. The van der Waals surface area contributed by atoms with Gasteiger partial charge < -0.3 is 9.63 Å². The zero-order valence-corrected chi connectivity index (χ0v) is 12.6. The minimum absolute atomic E-state index is 0.113. The molecule has 0 amide bonds. The molecule has 6 nitrogen and oxygen atoms in total. The molecule has 0 atom stereocenters. The highest BCUT2D eigenvalue weighted by molar-refractivity contribution is 7.91. The minimum atomic E-state index is -3.53. The van der Waals surface area contributed by atoms with Crippen LogP contribution in [0, 0.1) is 6.92 Å². The molecule has 0 fully saturated rings. The molecule has 0 unspecified atom stereocenters. The number of rotatable bonds is 7.